The third-order valence-electron chi connectivity index (χ3n) is 3.91. The molecular weight excluding hydrogens is 234 g/mol. The number of hydrogen-bond donors (Lipinski definition) is 1. The lowest BCUT2D eigenvalue weighted by atomic mass is 10.0. The molecule has 1 aliphatic rings. The van der Waals surface area contributed by atoms with Gasteiger partial charge in [0.1, 0.15) is 0 Å². The molecule has 0 aliphatic carbocycles. The second-order valence-electron chi connectivity index (χ2n) is 5.77. The predicted molar refractivity (Wildman–Crippen MR) is 81.6 cm³/mol. The molecule has 0 atom stereocenters. The van der Waals surface area contributed by atoms with Crippen LogP contribution < -0.4 is 5.32 Å². The van der Waals surface area contributed by atoms with Gasteiger partial charge in [0.05, 0.1) is 6.67 Å². The van der Waals surface area contributed by atoms with E-state index < -0.39 is 0 Å². The smallest absolute Gasteiger partial charge is 0.0504 e. The summed E-state index contributed by atoms with van der Waals surface area (Å²) < 4.78 is 0. The number of rotatable bonds is 5. The summed E-state index contributed by atoms with van der Waals surface area (Å²) in [5.41, 5.74) is 4.27. The quantitative estimate of drug-likeness (QED) is 0.869. The minimum Gasteiger partial charge on any atom is -0.314 e. The van der Waals surface area contributed by atoms with E-state index >= 15 is 0 Å². The van der Waals surface area contributed by atoms with Crippen LogP contribution in [0.4, 0.5) is 0 Å². The first-order valence-corrected chi connectivity index (χ1v) is 7.33. The monoisotopic (exact) mass is 261 g/mol. The Labute approximate surface area is 117 Å². The largest absolute Gasteiger partial charge is 0.314 e. The van der Waals surface area contributed by atoms with Gasteiger partial charge in [0.2, 0.25) is 0 Å². The van der Waals surface area contributed by atoms with Gasteiger partial charge in [-0.2, -0.15) is 0 Å². The Morgan fingerprint density at radius 1 is 1.21 bits per heavy atom. The first-order valence-electron chi connectivity index (χ1n) is 7.33. The standard InChI is InChI=1S/C16H27N3/c1-14-4-5-16(15(2)12-14)6-9-18(3)13-19-10-7-17-8-11-19/h4-5,12,17H,6-11,13H2,1-3H3. The number of piperazine rings is 1. The second kappa shape index (κ2) is 7.04. The molecule has 1 aromatic carbocycles. The number of likely N-dealkylation sites (N-methyl/N-ethyl adjacent to an activating group) is 1. The molecular formula is C16H27N3. The maximum absolute atomic E-state index is 3.40. The van der Waals surface area contributed by atoms with E-state index in [1.165, 1.54) is 29.8 Å². The minimum absolute atomic E-state index is 1.09. The minimum atomic E-state index is 1.09. The van der Waals surface area contributed by atoms with Crippen LogP contribution in [0.2, 0.25) is 0 Å². The maximum Gasteiger partial charge on any atom is 0.0504 e. The van der Waals surface area contributed by atoms with Gasteiger partial charge >= 0.3 is 0 Å². The number of hydrogen-bond acceptors (Lipinski definition) is 3. The van der Waals surface area contributed by atoms with E-state index in [0.717, 1.165) is 32.7 Å². The van der Waals surface area contributed by atoms with Crippen molar-refractivity contribution in [3.63, 3.8) is 0 Å². The molecule has 1 aromatic rings. The van der Waals surface area contributed by atoms with Crippen molar-refractivity contribution in [3.8, 4) is 0 Å². The Morgan fingerprint density at radius 3 is 2.63 bits per heavy atom. The van der Waals surface area contributed by atoms with Gasteiger partial charge in [0, 0.05) is 32.7 Å². The van der Waals surface area contributed by atoms with Crippen LogP contribution in [0.1, 0.15) is 16.7 Å². The van der Waals surface area contributed by atoms with Crippen LogP contribution in [0.5, 0.6) is 0 Å². The van der Waals surface area contributed by atoms with Crippen LogP contribution in [-0.4, -0.2) is 56.2 Å². The number of benzene rings is 1. The van der Waals surface area contributed by atoms with Crippen molar-refractivity contribution in [3.05, 3.63) is 34.9 Å². The number of nitrogens with zero attached hydrogens (tertiary/aromatic N) is 2. The third kappa shape index (κ3) is 4.60. The summed E-state index contributed by atoms with van der Waals surface area (Å²) >= 11 is 0. The second-order valence-corrected chi connectivity index (χ2v) is 5.77. The zero-order chi connectivity index (χ0) is 13.7. The molecule has 3 heteroatoms. The summed E-state index contributed by atoms with van der Waals surface area (Å²) in [5, 5.41) is 3.40. The molecule has 106 valence electrons. The van der Waals surface area contributed by atoms with Crippen molar-refractivity contribution in [2.75, 3.05) is 46.4 Å². The lowest BCUT2D eigenvalue weighted by molar-refractivity contribution is 0.140. The van der Waals surface area contributed by atoms with E-state index in [0.29, 0.717) is 0 Å². The van der Waals surface area contributed by atoms with Crippen molar-refractivity contribution in [2.45, 2.75) is 20.3 Å². The van der Waals surface area contributed by atoms with Crippen molar-refractivity contribution >= 4 is 0 Å². The summed E-state index contributed by atoms with van der Waals surface area (Å²) in [6.07, 6.45) is 1.15. The van der Waals surface area contributed by atoms with E-state index in [4.69, 9.17) is 0 Å². The van der Waals surface area contributed by atoms with Crippen LogP contribution in [0, 0.1) is 13.8 Å². The van der Waals surface area contributed by atoms with Crippen molar-refractivity contribution < 1.29 is 0 Å². The zero-order valence-electron chi connectivity index (χ0n) is 12.6. The summed E-state index contributed by atoms with van der Waals surface area (Å²) in [6, 6.07) is 6.79. The summed E-state index contributed by atoms with van der Waals surface area (Å²) in [5.74, 6) is 0. The highest BCUT2D eigenvalue weighted by molar-refractivity contribution is 5.30. The molecule has 1 saturated heterocycles. The Kier molecular flexibility index (Phi) is 5.37. The highest BCUT2D eigenvalue weighted by atomic mass is 15.3. The molecule has 3 nitrogen and oxygen atoms in total. The molecule has 0 saturated carbocycles. The molecule has 2 rings (SSSR count). The topological polar surface area (TPSA) is 18.5 Å². The lowest BCUT2D eigenvalue weighted by Crippen LogP contribution is -2.47. The molecule has 0 aromatic heterocycles. The van der Waals surface area contributed by atoms with Crippen molar-refractivity contribution in [2.24, 2.45) is 0 Å². The fourth-order valence-electron chi connectivity index (χ4n) is 2.70. The highest BCUT2D eigenvalue weighted by Gasteiger charge is 2.11. The highest BCUT2D eigenvalue weighted by Crippen LogP contribution is 2.11. The Morgan fingerprint density at radius 2 is 1.95 bits per heavy atom. The molecule has 0 unspecified atom stereocenters. The molecule has 0 spiro atoms. The van der Waals surface area contributed by atoms with Crippen LogP contribution >= 0.6 is 0 Å². The molecule has 19 heavy (non-hydrogen) atoms. The fourth-order valence-corrected chi connectivity index (χ4v) is 2.70. The van der Waals surface area contributed by atoms with Crippen molar-refractivity contribution in [1.82, 2.24) is 15.1 Å². The number of nitrogens with one attached hydrogen (secondary N) is 1. The zero-order valence-corrected chi connectivity index (χ0v) is 12.6. The molecule has 0 radical (unpaired) electrons. The molecule has 1 aliphatic heterocycles. The first-order chi connectivity index (χ1) is 9.15. The van der Waals surface area contributed by atoms with Gasteiger partial charge in [-0.15, -0.1) is 0 Å². The van der Waals surface area contributed by atoms with Gasteiger partial charge < -0.3 is 5.32 Å². The van der Waals surface area contributed by atoms with E-state index in [2.05, 4.69) is 54.2 Å². The van der Waals surface area contributed by atoms with Gasteiger partial charge in [-0.3, -0.25) is 9.80 Å². The fraction of sp³-hybridized carbons (Fsp3) is 0.625. The summed E-state index contributed by atoms with van der Waals surface area (Å²) in [7, 11) is 2.23. The van der Waals surface area contributed by atoms with Crippen LogP contribution in [0.15, 0.2) is 18.2 Å². The average Bonchev–Trinajstić information content (AvgIpc) is 2.39. The number of aryl methyl sites for hydroxylation is 2. The lowest BCUT2D eigenvalue weighted by Gasteiger charge is -2.31. The Balaban J connectivity index is 1.77. The van der Waals surface area contributed by atoms with Crippen LogP contribution in [-0.2, 0) is 6.42 Å². The Hall–Kier alpha value is -0.900. The Bertz CT molecular complexity index is 397. The molecule has 1 fully saturated rings. The van der Waals surface area contributed by atoms with E-state index in [-0.39, 0.29) is 0 Å². The summed E-state index contributed by atoms with van der Waals surface area (Å²) in [4.78, 5) is 4.96. The van der Waals surface area contributed by atoms with Crippen LogP contribution in [0.3, 0.4) is 0 Å². The van der Waals surface area contributed by atoms with Gasteiger partial charge in [-0.25, -0.2) is 0 Å². The van der Waals surface area contributed by atoms with Crippen LogP contribution in [0.25, 0.3) is 0 Å². The predicted octanol–water partition coefficient (Wildman–Crippen LogP) is 1.64. The SMILES string of the molecule is Cc1ccc(CCN(C)CN2CCNCC2)c(C)c1. The normalized spacial score (nSPS) is 17.1. The summed E-state index contributed by atoms with van der Waals surface area (Å²) in [6.45, 7) is 11.2. The molecule has 1 N–H and O–H groups in total. The van der Waals surface area contributed by atoms with Gasteiger partial charge in [0.15, 0.2) is 0 Å². The molecule has 1 heterocycles. The van der Waals surface area contributed by atoms with E-state index in [1.54, 1.807) is 0 Å². The maximum atomic E-state index is 3.40. The average molecular weight is 261 g/mol. The third-order valence-corrected chi connectivity index (χ3v) is 3.91. The first kappa shape index (κ1) is 14.5. The van der Waals surface area contributed by atoms with E-state index in [1.807, 2.05) is 0 Å². The molecule has 0 bridgehead atoms. The van der Waals surface area contributed by atoms with Gasteiger partial charge in [-0.05, 0) is 38.4 Å². The van der Waals surface area contributed by atoms with Crippen molar-refractivity contribution in [1.29, 1.82) is 0 Å². The van der Waals surface area contributed by atoms with Gasteiger partial charge in [-0.1, -0.05) is 23.8 Å². The molecule has 0 amide bonds. The van der Waals surface area contributed by atoms with Gasteiger partial charge in [0.25, 0.3) is 0 Å². The van der Waals surface area contributed by atoms with E-state index in [9.17, 15) is 0 Å².